The van der Waals surface area contributed by atoms with Gasteiger partial charge in [0.25, 0.3) is 0 Å². The number of carbonyl (C=O) groups excluding carboxylic acids is 3. The van der Waals surface area contributed by atoms with Crippen LogP contribution in [0.25, 0.3) is 44.7 Å². The van der Waals surface area contributed by atoms with Crippen LogP contribution in [0.1, 0.15) is 184 Å². The Morgan fingerprint density at radius 3 is 1.06 bits per heavy atom. The van der Waals surface area contributed by atoms with Gasteiger partial charge in [-0.3, -0.25) is 26.3 Å². The second kappa shape index (κ2) is 44.8. The van der Waals surface area contributed by atoms with Crippen molar-refractivity contribution in [3.8, 4) is 0 Å². The summed E-state index contributed by atoms with van der Waals surface area (Å²) in [6, 6.07) is 30.3. The third kappa shape index (κ3) is 24.6. The molecular weight excluding hydrogens is 2040 g/mol. The van der Waals surface area contributed by atoms with Crippen molar-refractivity contribution in [3.63, 3.8) is 0 Å². The maximum absolute atomic E-state index is 12.7. The Morgan fingerprint density at radius 2 is 0.727 bits per heavy atom. The maximum atomic E-state index is 12.7. The molecule has 9 heterocycles. The number of aromatic nitrogens is 20. The van der Waals surface area contributed by atoms with E-state index < -0.39 is 94.9 Å². The Labute approximate surface area is 860 Å². The van der Waals surface area contributed by atoms with Crippen LogP contribution in [0.15, 0.2) is 122 Å². The van der Waals surface area contributed by atoms with Crippen LogP contribution in [0.5, 0.6) is 0 Å². The molecule has 5 fully saturated rings. The zero-order chi connectivity index (χ0) is 106. The van der Waals surface area contributed by atoms with Gasteiger partial charge in [-0.15, -0.1) is 20.4 Å². The summed E-state index contributed by atoms with van der Waals surface area (Å²) in [6.07, 6.45) is 9.92. The van der Waals surface area contributed by atoms with Crippen molar-refractivity contribution < 1.29 is 104 Å². The Hall–Kier alpha value is -12.6. The van der Waals surface area contributed by atoms with Crippen molar-refractivity contribution >= 4 is 127 Å². The summed E-state index contributed by atoms with van der Waals surface area (Å²) in [4.78, 5) is 74.3. The molecule has 4 saturated carbocycles. The van der Waals surface area contributed by atoms with Gasteiger partial charge in [-0.2, -0.15) is 33.7 Å². The molecule has 12 unspecified atom stereocenters. The smallest absolute Gasteiger partial charge is 0.410 e. The van der Waals surface area contributed by atoms with E-state index in [-0.39, 0.29) is 129 Å². The number of aliphatic hydroxyl groups excluding tert-OH is 4. The number of nitrogens with two attached hydrogens (primary N) is 4. The molecule has 8 aliphatic carbocycles. The van der Waals surface area contributed by atoms with Gasteiger partial charge in [-0.25, -0.2) is 83.9 Å². The van der Waals surface area contributed by atoms with E-state index >= 15 is 0 Å². The molecule has 804 valence electrons. The largest absolute Gasteiger partial charge is 0.444 e. The van der Waals surface area contributed by atoms with Gasteiger partial charge in [0.05, 0.1) is 117 Å². The highest BCUT2D eigenvalue weighted by Gasteiger charge is 2.49. The zero-order valence-electron chi connectivity index (χ0n) is 82.5. The fraction of sp³-hybridized carbons (Fsp3) is 0.533. The van der Waals surface area contributed by atoms with Crippen molar-refractivity contribution in [2.24, 2.45) is 44.2 Å². The van der Waals surface area contributed by atoms with E-state index in [1.165, 1.54) is 56.2 Å². The molecule has 9 aliphatic rings. The van der Waals surface area contributed by atoms with E-state index in [4.69, 9.17) is 43.7 Å². The van der Waals surface area contributed by atoms with Crippen LogP contribution in [0, 0.1) is 23.7 Å². The van der Waals surface area contributed by atoms with Crippen molar-refractivity contribution in [1.29, 1.82) is 0 Å². The number of carbonyl (C=O) groups is 3. The topological polar surface area (TPSA) is 748 Å². The number of fused-ring (bicyclic) bond motifs is 9. The first-order valence-corrected chi connectivity index (χ1v) is 54.6. The van der Waals surface area contributed by atoms with Crippen LogP contribution in [0.3, 0.4) is 0 Å². The number of aliphatic hydroxyl groups is 4. The van der Waals surface area contributed by atoms with Crippen LogP contribution in [0.2, 0.25) is 0 Å². The molecule has 8 aromatic heterocycles. The number of nitrogens with one attached hydrogen (secondary N) is 6. The lowest BCUT2D eigenvalue weighted by Crippen LogP contribution is -2.46. The molecule has 1 spiro atoms. The molecule has 54 nitrogen and oxygen atoms in total. The number of ether oxygens (including phenoxy) is 4. The van der Waals surface area contributed by atoms with Crippen LogP contribution >= 0.6 is 0 Å². The molecule has 4 aromatic carbocycles. The molecule has 3 amide bonds. The number of amides is 3. The predicted molar refractivity (Wildman–Crippen MR) is 534 cm³/mol. The Kier molecular flexibility index (Phi) is 32.0. The van der Waals surface area contributed by atoms with Gasteiger partial charge in [0.15, 0.2) is 67.9 Å². The lowest BCUT2D eigenvalue weighted by atomic mass is 9.73. The summed E-state index contributed by atoms with van der Waals surface area (Å²) >= 11 is 0. The van der Waals surface area contributed by atoms with Crippen molar-refractivity contribution in [3.05, 3.63) is 167 Å². The highest BCUT2D eigenvalue weighted by molar-refractivity contribution is 7.85. The number of piperidine rings is 1. The van der Waals surface area contributed by atoms with Gasteiger partial charge in [-0.05, 0) is 149 Å². The number of methoxy groups -OCH3 is 3. The number of likely N-dealkylation sites (tertiary alicyclic amines) is 1. The second-order valence-electron chi connectivity index (χ2n) is 39.9. The molecule has 1 aliphatic heterocycles. The fourth-order valence-corrected chi connectivity index (χ4v) is 23.5. The minimum atomic E-state index is -4.10. The second-order valence-corrected chi connectivity index (χ2v) is 44.8. The molecule has 19 atom stereocenters. The summed E-state index contributed by atoms with van der Waals surface area (Å²) < 4.78 is 136. The van der Waals surface area contributed by atoms with Gasteiger partial charge in [0.2, 0.25) is 11.8 Å². The van der Waals surface area contributed by atoms with Gasteiger partial charge in [0, 0.05) is 69.9 Å². The van der Waals surface area contributed by atoms with Gasteiger partial charge >= 0.3 is 47.3 Å². The Balaban J connectivity index is 0.000000131. The average molecular weight is 2160 g/mol. The number of rotatable bonds is 31. The summed E-state index contributed by atoms with van der Waals surface area (Å²) in [7, 11) is -11.7. The van der Waals surface area contributed by atoms with Gasteiger partial charge in [0.1, 0.15) is 44.1 Å². The van der Waals surface area contributed by atoms with Gasteiger partial charge < -0.3 is 76.2 Å². The number of nitrogens with zero attached hydrogens (tertiary/aromatic N) is 21. The molecule has 150 heavy (non-hydrogen) atoms. The molecule has 1 saturated heterocycles. The minimum absolute atomic E-state index is 0.0272. The third-order valence-electron chi connectivity index (χ3n) is 29.0. The van der Waals surface area contributed by atoms with Crippen LogP contribution in [0.4, 0.5) is 28.1 Å². The number of hydrogen-bond donors (Lipinski definition) is 14. The Bertz CT molecular complexity index is 7180. The number of hydrogen-bond acceptors (Lipinski definition) is 43. The summed E-state index contributed by atoms with van der Waals surface area (Å²) in [5.41, 5.74) is 12.4. The third-order valence-corrected chi connectivity index (χ3v) is 30.9. The van der Waals surface area contributed by atoms with E-state index in [1.807, 2.05) is 87.5 Å². The van der Waals surface area contributed by atoms with Crippen LogP contribution in [-0.2, 0) is 111 Å². The highest BCUT2D eigenvalue weighted by Crippen LogP contribution is 2.53. The van der Waals surface area contributed by atoms with E-state index in [1.54, 1.807) is 30.7 Å². The summed E-state index contributed by atoms with van der Waals surface area (Å²) in [6.45, 7) is 5.97. The standard InChI is InChI=1S/C28H38N8O6S.2C22H28N8O6S.C20H25N7O5S/c1-27(2,3)42-26(38)35-10-8-28(9-11-35)14-21(19-6-4-5-7-20(19)28)32-24-23-25(31-16-30-24)36(34-33-23)18-12-17(22(37)13-18)15-41-43(29,39)40;2*1-35-10-18(32)26-16-7-12-4-2-3-5-15(12)19(16)27-21-20-22(25-11-24-21)30(29-28-20)14-6-13(17(31)8-14)9-36-37(23,33)34;1-31-16-7-11-4-2-3-5-14(11)17(16)24-19-18-20(23-10-22-19)27(26-25-18)13-6-12(15(28)8-13)9-32-33(21,29)30/h4-7,16-18,21-22,37H,8-15H2,1-3H3,(H2,29,39,40)(H,30,31,32);2*2-5,11,13-14,16-17,19,31H,6-10H2,1H3,(H,26,32)(H2,23,33,34)(H,24,25,27);2-5,10,12-13,15-17,28H,6-9H2,1H3,(H2,21,29,30)(H,22,23,24)/t17?,18?,21-,22?;13?,14?,16-,17?,19+;13?,14?,16-,17?,19-;12?,13?,15?,16-,17+/m0010/s1. The van der Waals surface area contributed by atoms with Gasteiger partial charge in [-0.1, -0.05) is 118 Å². The van der Waals surface area contributed by atoms with Crippen molar-refractivity contribution in [2.45, 2.75) is 213 Å². The van der Waals surface area contributed by atoms with Crippen LogP contribution < -0.4 is 52.5 Å². The van der Waals surface area contributed by atoms with E-state index in [2.05, 4.69) is 156 Å². The molecular formula is C92H119N31O23S4. The fourth-order valence-electron chi connectivity index (χ4n) is 22.1. The summed E-state index contributed by atoms with van der Waals surface area (Å²) in [5.74, 6) is -0.109. The molecule has 0 bridgehead atoms. The first-order chi connectivity index (χ1) is 71.6. The molecule has 18 N–H and O–H groups in total. The lowest BCUT2D eigenvalue weighted by Gasteiger charge is -2.40. The quantitative estimate of drug-likeness (QED) is 0.0296. The van der Waals surface area contributed by atoms with Crippen molar-refractivity contribution in [1.82, 2.24) is 115 Å². The maximum Gasteiger partial charge on any atom is 0.410 e. The molecule has 12 aromatic rings. The molecule has 0 radical (unpaired) electrons. The Morgan fingerprint density at radius 1 is 0.413 bits per heavy atom. The van der Waals surface area contributed by atoms with Crippen LogP contribution in [-0.4, -0.2) is 299 Å². The average Bonchev–Trinajstić information content (AvgIpc) is 1.58. The normalized spacial score (nSPS) is 25.7. The number of benzene rings is 4. The summed E-state index contributed by atoms with van der Waals surface area (Å²) in [5, 5.41) is 116. The highest BCUT2D eigenvalue weighted by atomic mass is 32.2. The lowest BCUT2D eigenvalue weighted by molar-refractivity contribution is -0.126. The zero-order valence-corrected chi connectivity index (χ0v) is 85.7. The van der Waals surface area contributed by atoms with Crippen molar-refractivity contribution in [2.75, 3.05) is 95.3 Å². The first kappa shape index (κ1) is 107. The predicted octanol–water partition coefficient (Wildman–Crippen LogP) is 2.24. The SMILES string of the molecule is CC(C)(C)OC(=O)N1CCC2(CC1)C[C@H](Nc1ncnc3c1nnn3C1CC(O)C(COS(N)(=O)=O)C1)c1ccccc12.COCC(=O)N[C@@H]1Cc2ccccc2[C@H]1Nc1ncnc2c1nnn2C1CC(O)C(COS(N)(=O)=O)C1.COCC(=O)N[C@H]1Cc2ccccc2[C@H]1Nc1ncnc2c1nnn2C1CC(O)C(COS(N)(=O)=O)C1.CO[C@H]1Cc2ccccc2[C@H]1Nc1ncnc2c1nnn2C1CC(O)C(COS(N)(=O)=O)C1. The van der Waals surface area contributed by atoms with E-state index in [9.17, 15) is 68.5 Å². The van der Waals surface area contributed by atoms with E-state index in [0.717, 1.165) is 53.5 Å². The molecule has 21 rings (SSSR count). The first-order valence-electron chi connectivity index (χ1n) is 48.7. The minimum Gasteiger partial charge on any atom is -0.444 e. The van der Waals surface area contributed by atoms with E-state index in [0.29, 0.717) is 145 Å². The number of anilines is 4. The molecule has 58 heteroatoms. The monoisotopic (exact) mass is 2150 g/mol.